The molecule has 1 fully saturated rings. The summed E-state index contributed by atoms with van der Waals surface area (Å²) < 4.78 is 16.5. The van der Waals surface area contributed by atoms with Crippen molar-refractivity contribution in [2.75, 3.05) is 36.0 Å². The molecule has 0 aromatic carbocycles. The van der Waals surface area contributed by atoms with E-state index in [2.05, 4.69) is 30.0 Å². The fourth-order valence-corrected chi connectivity index (χ4v) is 3.84. The summed E-state index contributed by atoms with van der Waals surface area (Å²) in [6.07, 6.45) is 6.32. The molecule has 158 valence electrons. The lowest BCUT2D eigenvalue weighted by Gasteiger charge is -2.24. The fraction of sp³-hybridized carbons (Fsp3) is 0.333. The molecule has 1 aliphatic heterocycles. The summed E-state index contributed by atoms with van der Waals surface area (Å²) in [7, 11) is 0. The van der Waals surface area contributed by atoms with Crippen LogP contribution in [0.1, 0.15) is 19.0 Å². The van der Waals surface area contributed by atoms with Crippen LogP contribution in [0.2, 0.25) is 0 Å². The maximum atomic E-state index is 14.7. The molecule has 10 heteroatoms. The largest absolute Gasteiger partial charge is 0.353 e. The second-order valence-electron chi connectivity index (χ2n) is 7.37. The quantitative estimate of drug-likeness (QED) is 0.498. The second-order valence-corrected chi connectivity index (χ2v) is 7.37. The molecule has 0 amide bonds. The standard InChI is InChI=1S/C21H22FN9/c1-2-16-19(22)21(25-14-24-16)30-10-4-9-29(11-12-30)18-7-6-17-26-27-20(31(17)28-18)15-5-3-8-23-13-15/h3,5-8,13-14H,2,4,9-12H2,1H3. The summed E-state index contributed by atoms with van der Waals surface area (Å²) in [5.41, 5.74) is 1.98. The van der Waals surface area contributed by atoms with Gasteiger partial charge < -0.3 is 9.80 Å². The van der Waals surface area contributed by atoms with Crippen LogP contribution in [0.4, 0.5) is 16.0 Å². The van der Waals surface area contributed by atoms with Crippen molar-refractivity contribution in [1.29, 1.82) is 0 Å². The summed E-state index contributed by atoms with van der Waals surface area (Å²) in [5.74, 6) is 1.55. The maximum absolute atomic E-state index is 14.7. The third-order valence-corrected chi connectivity index (χ3v) is 5.47. The summed E-state index contributed by atoms with van der Waals surface area (Å²) in [6.45, 7) is 4.78. The van der Waals surface area contributed by atoms with Gasteiger partial charge in [0.1, 0.15) is 12.1 Å². The van der Waals surface area contributed by atoms with Crippen molar-refractivity contribution in [2.24, 2.45) is 0 Å². The summed E-state index contributed by atoms with van der Waals surface area (Å²) >= 11 is 0. The van der Waals surface area contributed by atoms with Gasteiger partial charge in [0.2, 0.25) is 0 Å². The van der Waals surface area contributed by atoms with Gasteiger partial charge in [0.05, 0.1) is 5.69 Å². The summed E-state index contributed by atoms with van der Waals surface area (Å²) in [5, 5.41) is 13.3. The van der Waals surface area contributed by atoms with Crippen LogP contribution in [0.3, 0.4) is 0 Å². The number of nitrogens with zero attached hydrogens (tertiary/aromatic N) is 9. The number of rotatable bonds is 4. The van der Waals surface area contributed by atoms with E-state index in [0.29, 0.717) is 42.5 Å². The van der Waals surface area contributed by atoms with Gasteiger partial charge in [0, 0.05) is 44.1 Å². The smallest absolute Gasteiger partial charge is 0.187 e. The highest BCUT2D eigenvalue weighted by Gasteiger charge is 2.22. The lowest BCUT2D eigenvalue weighted by atomic mass is 10.3. The third-order valence-electron chi connectivity index (χ3n) is 5.47. The molecule has 0 aliphatic carbocycles. The van der Waals surface area contributed by atoms with Crippen molar-refractivity contribution < 1.29 is 4.39 Å². The Kier molecular flexibility index (Phi) is 5.11. The predicted octanol–water partition coefficient (Wildman–Crippen LogP) is 2.39. The zero-order valence-electron chi connectivity index (χ0n) is 17.2. The number of anilines is 2. The van der Waals surface area contributed by atoms with Gasteiger partial charge in [-0.15, -0.1) is 15.3 Å². The molecule has 4 aromatic rings. The van der Waals surface area contributed by atoms with E-state index in [-0.39, 0.29) is 5.82 Å². The molecule has 0 unspecified atom stereocenters. The number of hydrogen-bond acceptors (Lipinski definition) is 8. The zero-order valence-corrected chi connectivity index (χ0v) is 17.2. The lowest BCUT2D eigenvalue weighted by molar-refractivity contribution is 0.584. The van der Waals surface area contributed by atoms with Gasteiger partial charge in [0.25, 0.3) is 0 Å². The minimum Gasteiger partial charge on any atom is -0.353 e. The molecule has 0 N–H and O–H groups in total. The van der Waals surface area contributed by atoms with E-state index in [4.69, 9.17) is 5.10 Å². The monoisotopic (exact) mass is 419 g/mol. The van der Waals surface area contributed by atoms with Gasteiger partial charge in [-0.3, -0.25) is 4.98 Å². The topological polar surface area (TPSA) is 88.2 Å². The van der Waals surface area contributed by atoms with Crippen LogP contribution in [0.5, 0.6) is 0 Å². The van der Waals surface area contributed by atoms with Gasteiger partial charge in [-0.25, -0.2) is 14.4 Å². The molecule has 1 saturated heterocycles. The Morgan fingerprint density at radius 3 is 2.71 bits per heavy atom. The van der Waals surface area contributed by atoms with E-state index in [1.54, 1.807) is 16.9 Å². The van der Waals surface area contributed by atoms with Crippen LogP contribution >= 0.6 is 0 Å². The molecule has 5 rings (SSSR count). The number of aryl methyl sites for hydroxylation is 1. The molecular weight excluding hydrogens is 397 g/mol. The Balaban J connectivity index is 1.40. The van der Waals surface area contributed by atoms with E-state index < -0.39 is 0 Å². The molecule has 0 bridgehead atoms. The van der Waals surface area contributed by atoms with Gasteiger partial charge in [-0.2, -0.15) is 4.52 Å². The SMILES string of the molecule is CCc1ncnc(N2CCCN(c3ccc4nnc(-c5cccnc5)n4n3)CC2)c1F. The van der Waals surface area contributed by atoms with E-state index >= 15 is 0 Å². The number of pyridine rings is 1. The van der Waals surface area contributed by atoms with Gasteiger partial charge in [0.15, 0.2) is 23.1 Å². The summed E-state index contributed by atoms with van der Waals surface area (Å²) in [4.78, 5) is 16.6. The average molecular weight is 419 g/mol. The van der Waals surface area contributed by atoms with Gasteiger partial charge in [-0.1, -0.05) is 6.92 Å². The predicted molar refractivity (Wildman–Crippen MR) is 114 cm³/mol. The molecule has 31 heavy (non-hydrogen) atoms. The van der Waals surface area contributed by atoms with Crippen molar-refractivity contribution in [2.45, 2.75) is 19.8 Å². The highest BCUT2D eigenvalue weighted by atomic mass is 19.1. The fourth-order valence-electron chi connectivity index (χ4n) is 3.84. The zero-order chi connectivity index (χ0) is 21.2. The van der Waals surface area contributed by atoms with E-state index in [1.165, 1.54) is 6.33 Å². The van der Waals surface area contributed by atoms with Crippen LogP contribution in [0, 0.1) is 5.82 Å². The molecule has 0 saturated carbocycles. The first-order valence-electron chi connectivity index (χ1n) is 10.4. The van der Waals surface area contributed by atoms with E-state index in [1.807, 2.05) is 36.1 Å². The minimum atomic E-state index is -0.316. The maximum Gasteiger partial charge on any atom is 0.187 e. The molecule has 5 heterocycles. The average Bonchev–Trinajstić information content (AvgIpc) is 3.08. The number of halogens is 1. The summed E-state index contributed by atoms with van der Waals surface area (Å²) in [6, 6.07) is 7.66. The van der Waals surface area contributed by atoms with Crippen LogP contribution in [0.25, 0.3) is 17.0 Å². The Morgan fingerprint density at radius 1 is 1.00 bits per heavy atom. The van der Waals surface area contributed by atoms with Crippen molar-refractivity contribution in [3.8, 4) is 11.4 Å². The number of aromatic nitrogens is 7. The Morgan fingerprint density at radius 2 is 1.87 bits per heavy atom. The molecule has 9 nitrogen and oxygen atoms in total. The molecule has 1 aliphatic rings. The second kappa shape index (κ2) is 8.21. The van der Waals surface area contributed by atoms with Crippen molar-refractivity contribution in [1.82, 2.24) is 34.8 Å². The first-order chi connectivity index (χ1) is 15.2. The van der Waals surface area contributed by atoms with Crippen LogP contribution in [-0.4, -0.2) is 60.9 Å². The lowest BCUT2D eigenvalue weighted by Crippen LogP contribution is -2.32. The first kappa shape index (κ1) is 19.3. The first-order valence-corrected chi connectivity index (χ1v) is 10.4. The Bertz CT molecular complexity index is 1190. The van der Waals surface area contributed by atoms with Gasteiger partial charge in [-0.05, 0) is 37.1 Å². The van der Waals surface area contributed by atoms with E-state index in [9.17, 15) is 4.39 Å². The Hall–Kier alpha value is -3.69. The van der Waals surface area contributed by atoms with Crippen LogP contribution in [-0.2, 0) is 6.42 Å². The number of hydrogen-bond donors (Lipinski definition) is 0. The van der Waals surface area contributed by atoms with Crippen molar-refractivity contribution in [3.05, 3.63) is 54.5 Å². The van der Waals surface area contributed by atoms with Gasteiger partial charge >= 0.3 is 0 Å². The normalized spacial score (nSPS) is 14.8. The molecule has 0 radical (unpaired) electrons. The highest BCUT2D eigenvalue weighted by molar-refractivity contribution is 5.58. The molecule has 4 aromatic heterocycles. The number of fused-ring (bicyclic) bond motifs is 1. The van der Waals surface area contributed by atoms with Crippen molar-refractivity contribution >= 4 is 17.3 Å². The third kappa shape index (κ3) is 3.65. The van der Waals surface area contributed by atoms with Crippen molar-refractivity contribution in [3.63, 3.8) is 0 Å². The van der Waals surface area contributed by atoms with Crippen LogP contribution in [0.15, 0.2) is 43.0 Å². The molecular formula is C21H22FN9. The molecule has 0 atom stereocenters. The van der Waals surface area contributed by atoms with E-state index in [0.717, 1.165) is 30.9 Å². The Labute approximate surface area is 178 Å². The minimum absolute atomic E-state index is 0.316. The molecule has 0 spiro atoms. The highest BCUT2D eigenvalue weighted by Crippen LogP contribution is 2.23. The van der Waals surface area contributed by atoms with Crippen LogP contribution < -0.4 is 9.80 Å².